The Morgan fingerprint density at radius 1 is 0.500 bits per heavy atom. The Kier molecular flexibility index (Phi) is 6.39. The van der Waals surface area contributed by atoms with Crippen LogP contribution in [0.5, 0.6) is 0 Å². The molecule has 9 aromatic rings. The standard InChI is InChI=1S/C52H40FN3/c1-50(2,3)35-25-39-37-19-17-33(31-13-9-7-10-14-31)23-43(37)55-45-21-30(29-54)22-46-47(45)52(53,41(27-35)48(39)55)42-28-36(51(4,5)6)26-40-38-20-18-34(32-15-11-8-12-16-32)24-44(38)56(46)49(40)42/h7-28H,1-6H3. The number of nitriles is 1. The molecule has 0 saturated carbocycles. The molecule has 2 aliphatic heterocycles. The van der Waals surface area contributed by atoms with Gasteiger partial charge in [-0.3, -0.25) is 0 Å². The Bertz CT molecular complexity index is 3010. The van der Waals surface area contributed by atoms with Crippen LogP contribution in [0.1, 0.15) is 74.9 Å². The molecular formula is C52H40FN3. The molecule has 4 heterocycles. The van der Waals surface area contributed by atoms with E-state index in [0.717, 1.165) is 77.0 Å². The second-order valence-electron chi connectivity index (χ2n) is 17.9. The molecule has 56 heavy (non-hydrogen) atoms. The molecule has 0 amide bonds. The van der Waals surface area contributed by atoms with Gasteiger partial charge in [0.05, 0.1) is 45.1 Å². The molecule has 0 saturated heterocycles. The van der Waals surface area contributed by atoms with Gasteiger partial charge < -0.3 is 9.13 Å². The van der Waals surface area contributed by atoms with Gasteiger partial charge in [-0.25, -0.2) is 4.39 Å². The minimum atomic E-state index is -2.02. The Labute approximate surface area is 325 Å². The number of halogens is 1. The molecule has 270 valence electrons. The second kappa shape index (κ2) is 10.9. The van der Waals surface area contributed by atoms with E-state index >= 15 is 4.39 Å². The van der Waals surface area contributed by atoms with Crippen LogP contribution in [0.2, 0.25) is 0 Å². The number of fused-ring (bicyclic) bond motifs is 10. The number of alkyl halides is 1. The molecule has 3 nitrogen and oxygen atoms in total. The van der Waals surface area contributed by atoms with Crippen molar-refractivity contribution in [1.82, 2.24) is 9.13 Å². The number of hydrogen-bond donors (Lipinski definition) is 0. The van der Waals surface area contributed by atoms with E-state index in [1.807, 2.05) is 24.3 Å². The highest BCUT2D eigenvalue weighted by Gasteiger charge is 2.51. The molecule has 4 heteroatoms. The molecule has 0 spiro atoms. The highest BCUT2D eigenvalue weighted by Crippen LogP contribution is 2.60. The minimum Gasteiger partial charge on any atom is -0.308 e. The minimum absolute atomic E-state index is 0.243. The molecule has 0 aliphatic carbocycles. The van der Waals surface area contributed by atoms with Gasteiger partial charge in [-0.15, -0.1) is 0 Å². The highest BCUT2D eigenvalue weighted by molar-refractivity contribution is 6.16. The van der Waals surface area contributed by atoms with E-state index in [9.17, 15) is 5.26 Å². The lowest BCUT2D eigenvalue weighted by molar-refractivity contribution is 0.277. The molecule has 0 N–H and O–H groups in total. The van der Waals surface area contributed by atoms with Gasteiger partial charge in [0.1, 0.15) is 0 Å². The summed E-state index contributed by atoms with van der Waals surface area (Å²) < 4.78 is 24.6. The average Bonchev–Trinajstić information content (AvgIpc) is 3.71. The molecule has 7 aromatic carbocycles. The van der Waals surface area contributed by atoms with Crippen molar-refractivity contribution in [3.8, 4) is 39.7 Å². The van der Waals surface area contributed by atoms with Crippen molar-refractivity contribution in [2.24, 2.45) is 0 Å². The van der Waals surface area contributed by atoms with Crippen LogP contribution in [0.4, 0.5) is 4.39 Å². The summed E-state index contributed by atoms with van der Waals surface area (Å²) in [6.07, 6.45) is 0. The zero-order valence-corrected chi connectivity index (χ0v) is 32.4. The second-order valence-corrected chi connectivity index (χ2v) is 17.9. The molecule has 0 unspecified atom stereocenters. The third kappa shape index (κ3) is 4.26. The van der Waals surface area contributed by atoms with Crippen molar-refractivity contribution < 1.29 is 4.39 Å². The number of aromatic nitrogens is 2. The lowest BCUT2D eigenvalue weighted by Crippen LogP contribution is -2.35. The van der Waals surface area contributed by atoms with Gasteiger partial charge in [0.25, 0.3) is 0 Å². The normalized spacial score (nSPS) is 14.1. The summed E-state index contributed by atoms with van der Waals surface area (Å²) in [7, 11) is 0. The van der Waals surface area contributed by atoms with Gasteiger partial charge in [0, 0.05) is 38.2 Å². The van der Waals surface area contributed by atoms with Crippen molar-refractivity contribution in [1.29, 1.82) is 5.26 Å². The van der Waals surface area contributed by atoms with Crippen LogP contribution in [-0.4, -0.2) is 9.13 Å². The SMILES string of the molecule is CC(C)(C)c1cc2c3c(c1)c1ccc(-c4ccccc4)cc1n3-c1cc(C#N)cc3c1C2(F)c1cc(C(C)(C)C)cc2c4ccc(-c5ccccc5)cc4n-3c12. The van der Waals surface area contributed by atoms with Crippen molar-refractivity contribution in [3.63, 3.8) is 0 Å². The van der Waals surface area contributed by atoms with Gasteiger partial charge in [-0.05, 0) is 92.7 Å². The maximum atomic E-state index is 20.1. The largest absolute Gasteiger partial charge is 0.308 e. The van der Waals surface area contributed by atoms with Gasteiger partial charge in [-0.2, -0.15) is 5.26 Å². The number of hydrogen-bond acceptors (Lipinski definition) is 1. The molecule has 0 radical (unpaired) electrons. The molecule has 11 rings (SSSR count). The van der Waals surface area contributed by atoms with Gasteiger partial charge in [0.15, 0.2) is 5.67 Å². The average molecular weight is 726 g/mol. The summed E-state index contributed by atoms with van der Waals surface area (Å²) in [6.45, 7) is 13.3. The lowest BCUT2D eigenvalue weighted by Gasteiger charge is -2.41. The first kappa shape index (κ1) is 32.9. The van der Waals surface area contributed by atoms with Crippen LogP contribution in [0.25, 0.3) is 77.2 Å². The maximum Gasteiger partial charge on any atom is 0.194 e. The highest BCUT2D eigenvalue weighted by atomic mass is 19.1. The smallest absolute Gasteiger partial charge is 0.194 e. The van der Waals surface area contributed by atoms with E-state index in [-0.39, 0.29) is 10.8 Å². The first-order chi connectivity index (χ1) is 26.9. The molecule has 2 aliphatic rings. The van der Waals surface area contributed by atoms with Gasteiger partial charge >= 0.3 is 0 Å². The van der Waals surface area contributed by atoms with Crippen molar-refractivity contribution in [3.05, 3.63) is 167 Å². The lowest BCUT2D eigenvalue weighted by atomic mass is 9.72. The number of benzene rings is 7. The molecule has 0 fully saturated rings. The zero-order chi connectivity index (χ0) is 38.5. The molecule has 0 atom stereocenters. The van der Waals surface area contributed by atoms with Crippen LogP contribution in [0.3, 0.4) is 0 Å². The van der Waals surface area contributed by atoms with Crippen molar-refractivity contribution in [2.75, 3.05) is 0 Å². The summed E-state index contributed by atoms with van der Waals surface area (Å²) in [5, 5.41) is 14.9. The van der Waals surface area contributed by atoms with E-state index < -0.39 is 5.67 Å². The summed E-state index contributed by atoms with van der Waals surface area (Å²) in [5.74, 6) is 0. The first-order valence-corrected chi connectivity index (χ1v) is 19.5. The quantitative estimate of drug-likeness (QED) is 0.175. The zero-order valence-electron chi connectivity index (χ0n) is 32.4. The Morgan fingerprint density at radius 3 is 1.32 bits per heavy atom. The van der Waals surface area contributed by atoms with Crippen molar-refractivity contribution >= 4 is 43.6 Å². The monoisotopic (exact) mass is 725 g/mol. The van der Waals surface area contributed by atoms with E-state index in [4.69, 9.17) is 0 Å². The van der Waals surface area contributed by atoms with E-state index in [1.165, 1.54) is 0 Å². The molecule has 2 aromatic heterocycles. The van der Waals surface area contributed by atoms with E-state index in [0.29, 0.717) is 33.6 Å². The van der Waals surface area contributed by atoms with Crippen LogP contribution in [0.15, 0.2) is 133 Å². The number of rotatable bonds is 2. The van der Waals surface area contributed by atoms with Crippen LogP contribution in [0, 0.1) is 11.3 Å². The third-order valence-electron chi connectivity index (χ3n) is 12.5. The Balaban J connectivity index is 1.37. The topological polar surface area (TPSA) is 33.6 Å². The first-order valence-electron chi connectivity index (χ1n) is 19.5. The Morgan fingerprint density at radius 2 is 0.929 bits per heavy atom. The molecule has 0 bridgehead atoms. The van der Waals surface area contributed by atoms with Crippen LogP contribution in [-0.2, 0) is 16.5 Å². The van der Waals surface area contributed by atoms with Gasteiger partial charge in [0.2, 0.25) is 0 Å². The van der Waals surface area contributed by atoms with E-state index in [2.05, 4.69) is 166 Å². The van der Waals surface area contributed by atoms with Crippen LogP contribution < -0.4 is 0 Å². The summed E-state index contributed by atoms with van der Waals surface area (Å²) >= 11 is 0. The fourth-order valence-electron chi connectivity index (χ4n) is 9.60. The summed E-state index contributed by atoms with van der Waals surface area (Å²) in [5.41, 5.74) is 11.6. The summed E-state index contributed by atoms with van der Waals surface area (Å²) in [4.78, 5) is 0. The Hall–Kier alpha value is -6.44. The summed E-state index contributed by atoms with van der Waals surface area (Å²) in [6, 6.07) is 49.2. The fourth-order valence-corrected chi connectivity index (χ4v) is 9.60. The fraction of sp³-hybridized carbons (Fsp3) is 0.173. The predicted molar refractivity (Wildman–Crippen MR) is 229 cm³/mol. The van der Waals surface area contributed by atoms with Crippen molar-refractivity contribution in [2.45, 2.75) is 58.0 Å². The molecular weight excluding hydrogens is 686 g/mol. The van der Waals surface area contributed by atoms with Gasteiger partial charge in [-0.1, -0.05) is 126 Å². The van der Waals surface area contributed by atoms with E-state index in [1.54, 1.807) is 0 Å². The maximum absolute atomic E-state index is 20.1. The predicted octanol–water partition coefficient (Wildman–Crippen LogP) is 13.6. The third-order valence-corrected chi connectivity index (χ3v) is 12.5. The van der Waals surface area contributed by atoms with Crippen LogP contribution >= 0.6 is 0 Å². The number of nitrogens with zero attached hydrogens (tertiary/aromatic N) is 3.